The Hall–Kier alpha value is -2.49. The van der Waals surface area contributed by atoms with Gasteiger partial charge in [0.2, 0.25) is 0 Å². The Kier molecular flexibility index (Phi) is 5.27. The van der Waals surface area contributed by atoms with Crippen molar-refractivity contribution in [2.75, 3.05) is 0 Å². The first-order valence-electron chi connectivity index (χ1n) is 8.70. The number of halogens is 1. The van der Waals surface area contributed by atoms with Crippen molar-refractivity contribution in [1.82, 2.24) is 0 Å². The van der Waals surface area contributed by atoms with E-state index in [4.69, 9.17) is 4.74 Å². The second-order valence-corrected chi connectivity index (χ2v) is 6.47. The van der Waals surface area contributed by atoms with Gasteiger partial charge in [0.15, 0.2) is 5.78 Å². The summed E-state index contributed by atoms with van der Waals surface area (Å²) in [5.41, 5.74) is 1.46. The molecule has 1 aliphatic rings. The molecule has 3 nitrogen and oxygen atoms in total. The molecule has 0 amide bonds. The average Bonchev–Trinajstić information content (AvgIpc) is 2.59. The maximum atomic E-state index is 14.3. The number of carbonyl (C=O) groups is 2. The number of rotatable bonds is 6. The van der Waals surface area contributed by atoms with Gasteiger partial charge in [-0.25, -0.2) is 4.39 Å². The first-order chi connectivity index (χ1) is 12.1. The smallest absolute Gasteiger partial charge is 0.311 e. The molecule has 0 aliphatic heterocycles. The molecule has 25 heavy (non-hydrogen) atoms. The molecule has 0 radical (unpaired) electrons. The number of ketones is 1. The van der Waals surface area contributed by atoms with Gasteiger partial charge >= 0.3 is 5.97 Å². The van der Waals surface area contributed by atoms with E-state index in [0.717, 1.165) is 12.8 Å². The molecule has 0 spiro atoms. The van der Waals surface area contributed by atoms with Crippen molar-refractivity contribution in [3.63, 3.8) is 0 Å². The molecule has 0 aromatic heterocycles. The summed E-state index contributed by atoms with van der Waals surface area (Å²) in [4.78, 5) is 23.8. The van der Waals surface area contributed by atoms with E-state index in [0.29, 0.717) is 41.2 Å². The number of esters is 1. The minimum absolute atomic E-state index is 0.00494. The quantitative estimate of drug-likeness (QED) is 0.413. The van der Waals surface area contributed by atoms with Crippen LogP contribution >= 0.6 is 0 Å². The molecule has 130 valence electrons. The average molecular weight is 340 g/mol. The predicted octanol–water partition coefficient (Wildman–Crippen LogP) is 5.18. The molecule has 0 unspecified atom stereocenters. The van der Waals surface area contributed by atoms with E-state index >= 15 is 0 Å². The van der Waals surface area contributed by atoms with Crippen LogP contribution in [0.1, 0.15) is 49.4 Å². The zero-order chi connectivity index (χ0) is 17.8. The maximum Gasteiger partial charge on any atom is 0.311 e. The molecule has 0 N–H and O–H groups in total. The molecule has 1 aliphatic carbocycles. The summed E-state index contributed by atoms with van der Waals surface area (Å²) in [6, 6.07) is 11.1. The Morgan fingerprint density at radius 3 is 2.64 bits per heavy atom. The number of benzene rings is 2. The molecule has 0 atom stereocenters. The number of carbonyl (C=O) groups excluding carboxylic acids is 2. The topological polar surface area (TPSA) is 43.4 Å². The fourth-order valence-corrected chi connectivity index (χ4v) is 2.96. The molecule has 3 rings (SSSR count). The van der Waals surface area contributed by atoms with Gasteiger partial charge in [-0.1, -0.05) is 31.5 Å². The van der Waals surface area contributed by atoms with E-state index in [-0.39, 0.29) is 11.8 Å². The molecule has 0 bridgehead atoms. The number of ether oxygens (including phenoxy) is 1. The van der Waals surface area contributed by atoms with Crippen LogP contribution in [0.4, 0.5) is 4.39 Å². The fourth-order valence-electron chi connectivity index (χ4n) is 2.96. The summed E-state index contributed by atoms with van der Waals surface area (Å²) in [5.74, 6) is 0.0551. The summed E-state index contributed by atoms with van der Waals surface area (Å²) in [7, 11) is 0. The molecular weight excluding hydrogens is 319 g/mol. The highest BCUT2D eigenvalue weighted by Gasteiger charge is 2.22. The molecule has 2 aromatic carbocycles. The van der Waals surface area contributed by atoms with E-state index in [1.54, 1.807) is 31.2 Å². The Labute approximate surface area is 146 Å². The van der Waals surface area contributed by atoms with Crippen LogP contribution in [0.25, 0.3) is 11.1 Å². The van der Waals surface area contributed by atoms with E-state index in [9.17, 15) is 14.0 Å². The molecule has 1 saturated carbocycles. The van der Waals surface area contributed by atoms with Gasteiger partial charge in [-0.05, 0) is 48.6 Å². The third-order valence-electron chi connectivity index (χ3n) is 4.67. The van der Waals surface area contributed by atoms with Crippen molar-refractivity contribution < 1.29 is 18.7 Å². The number of hydrogen-bond donors (Lipinski definition) is 0. The first kappa shape index (κ1) is 17.3. The lowest BCUT2D eigenvalue weighted by Crippen LogP contribution is -2.19. The molecule has 4 heteroatoms. The minimum Gasteiger partial charge on any atom is -0.426 e. The standard InChI is InChI=1S/C21H21FO3/c1-2-20(23)16-8-4-7-15(12-16)18-13-17(9-10-19(18)22)25-21(24)11-14-5-3-6-14/h4,7-10,12-14H,2-3,5-6,11H2,1H3. The molecule has 1 fully saturated rings. The zero-order valence-corrected chi connectivity index (χ0v) is 14.3. The largest absolute Gasteiger partial charge is 0.426 e. The first-order valence-corrected chi connectivity index (χ1v) is 8.70. The Morgan fingerprint density at radius 1 is 1.16 bits per heavy atom. The summed E-state index contributed by atoms with van der Waals surface area (Å²) >= 11 is 0. The van der Waals surface area contributed by atoms with Gasteiger partial charge in [0, 0.05) is 24.0 Å². The van der Waals surface area contributed by atoms with Crippen LogP contribution in [-0.4, -0.2) is 11.8 Å². The Balaban J connectivity index is 1.81. The van der Waals surface area contributed by atoms with E-state index in [2.05, 4.69) is 0 Å². The van der Waals surface area contributed by atoms with Gasteiger partial charge in [-0.3, -0.25) is 9.59 Å². The third-order valence-corrected chi connectivity index (χ3v) is 4.67. The maximum absolute atomic E-state index is 14.3. The van der Waals surface area contributed by atoms with Crippen molar-refractivity contribution in [3.8, 4) is 16.9 Å². The Bertz CT molecular complexity index is 793. The second-order valence-electron chi connectivity index (χ2n) is 6.47. The van der Waals surface area contributed by atoms with Crippen molar-refractivity contribution >= 4 is 11.8 Å². The monoisotopic (exact) mass is 340 g/mol. The minimum atomic E-state index is -0.417. The zero-order valence-electron chi connectivity index (χ0n) is 14.3. The van der Waals surface area contributed by atoms with Gasteiger partial charge in [0.25, 0.3) is 0 Å². The third kappa shape index (κ3) is 4.13. The highest BCUT2D eigenvalue weighted by Crippen LogP contribution is 2.31. The highest BCUT2D eigenvalue weighted by molar-refractivity contribution is 5.97. The highest BCUT2D eigenvalue weighted by atomic mass is 19.1. The van der Waals surface area contributed by atoms with Crippen LogP contribution < -0.4 is 4.74 Å². The van der Waals surface area contributed by atoms with E-state index in [1.807, 2.05) is 0 Å². The molecular formula is C21H21FO3. The summed E-state index contributed by atoms with van der Waals surface area (Å²) in [6.07, 6.45) is 4.12. The van der Waals surface area contributed by atoms with Crippen LogP contribution in [-0.2, 0) is 4.79 Å². The van der Waals surface area contributed by atoms with E-state index < -0.39 is 5.82 Å². The van der Waals surface area contributed by atoms with Gasteiger partial charge < -0.3 is 4.74 Å². The van der Waals surface area contributed by atoms with Crippen molar-refractivity contribution in [2.45, 2.75) is 39.0 Å². The van der Waals surface area contributed by atoms with Crippen molar-refractivity contribution in [3.05, 3.63) is 53.8 Å². The summed E-state index contributed by atoms with van der Waals surface area (Å²) < 4.78 is 19.6. The normalized spacial score (nSPS) is 14.0. The fraction of sp³-hybridized carbons (Fsp3) is 0.333. The number of Topliss-reactive ketones (excluding diaryl/α,β-unsaturated/α-hetero) is 1. The van der Waals surface area contributed by atoms with Gasteiger partial charge in [-0.15, -0.1) is 0 Å². The van der Waals surface area contributed by atoms with Crippen molar-refractivity contribution in [1.29, 1.82) is 0 Å². The number of hydrogen-bond acceptors (Lipinski definition) is 3. The molecule has 0 heterocycles. The molecule has 0 saturated heterocycles. The lowest BCUT2D eigenvalue weighted by atomic mass is 9.83. The van der Waals surface area contributed by atoms with Crippen LogP contribution in [0, 0.1) is 11.7 Å². The predicted molar refractivity (Wildman–Crippen MR) is 94.1 cm³/mol. The van der Waals surface area contributed by atoms with Crippen LogP contribution in [0.15, 0.2) is 42.5 Å². The van der Waals surface area contributed by atoms with Crippen LogP contribution in [0.2, 0.25) is 0 Å². The Morgan fingerprint density at radius 2 is 1.96 bits per heavy atom. The summed E-state index contributed by atoms with van der Waals surface area (Å²) in [5, 5.41) is 0. The van der Waals surface area contributed by atoms with Gasteiger partial charge in [0.05, 0.1) is 0 Å². The van der Waals surface area contributed by atoms with Crippen LogP contribution in [0.5, 0.6) is 5.75 Å². The second kappa shape index (κ2) is 7.60. The van der Waals surface area contributed by atoms with Crippen molar-refractivity contribution in [2.24, 2.45) is 5.92 Å². The lowest BCUT2D eigenvalue weighted by molar-refractivity contribution is -0.136. The van der Waals surface area contributed by atoms with E-state index in [1.165, 1.54) is 24.6 Å². The van der Waals surface area contributed by atoms with Gasteiger partial charge in [0.1, 0.15) is 11.6 Å². The molecule has 2 aromatic rings. The lowest BCUT2D eigenvalue weighted by Gasteiger charge is -2.23. The van der Waals surface area contributed by atoms with Crippen LogP contribution in [0.3, 0.4) is 0 Å². The summed E-state index contributed by atoms with van der Waals surface area (Å²) in [6.45, 7) is 1.79. The van der Waals surface area contributed by atoms with Gasteiger partial charge in [-0.2, -0.15) is 0 Å². The SMILES string of the molecule is CCC(=O)c1cccc(-c2cc(OC(=O)CC3CCC3)ccc2F)c1.